The molecule has 2 aliphatic rings. The Bertz CT molecular complexity index is 1510. The van der Waals surface area contributed by atoms with Crippen molar-refractivity contribution in [1.29, 1.82) is 0 Å². The van der Waals surface area contributed by atoms with Gasteiger partial charge in [-0.3, -0.25) is 23.7 Å². The summed E-state index contributed by atoms with van der Waals surface area (Å²) in [6.45, 7) is 2.17. The van der Waals surface area contributed by atoms with Crippen LogP contribution in [0.2, 0.25) is 0 Å². The van der Waals surface area contributed by atoms with E-state index < -0.39 is 6.10 Å². The van der Waals surface area contributed by atoms with Crippen molar-refractivity contribution >= 4 is 33.3 Å². The first kappa shape index (κ1) is 22.9. The maximum absolute atomic E-state index is 13.6. The van der Waals surface area contributed by atoms with E-state index in [4.69, 9.17) is 4.98 Å². The summed E-state index contributed by atoms with van der Waals surface area (Å²) < 4.78 is 3.32. The van der Waals surface area contributed by atoms with Crippen molar-refractivity contribution < 1.29 is 9.90 Å². The molecule has 1 aliphatic carbocycles. The van der Waals surface area contributed by atoms with Gasteiger partial charge in [0.05, 0.1) is 47.8 Å². The number of hydrogen-bond acceptors (Lipinski definition) is 6. The molecule has 1 saturated heterocycles. The van der Waals surface area contributed by atoms with Crippen LogP contribution in [0.3, 0.4) is 0 Å². The van der Waals surface area contributed by atoms with E-state index in [1.165, 1.54) is 0 Å². The van der Waals surface area contributed by atoms with Crippen LogP contribution < -0.4 is 10.5 Å². The molecule has 0 bridgehead atoms. The molecule has 1 amide bonds. The maximum Gasteiger partial charge on any atom is 0.261 e. The lowest BCUT2D eigenvalue weighted by molar-refractivity contribution is -0.121. The summed E-state index contributed by atoms with van der Waals surface area (Å²) in [6.07, 6.45) is 8.10. The van der Waals surface area contributed by atoms with Crippen molar-refractivity contribution in [3.63, 3.8) is 0 Å². The Morgan fingerprint density at radius 2 is 1.86 bits per heavy atom. The highest BCUT2D eigenvalue weighted by molar-refractivity contribution is 6.06. The smallest absolute Gasteiger partial charge is 0.261 e. The van der Waals surface area contributed by atoms with Crippen LogP contribution in [-0.4, -0.2) is 61.0 Å². The number of carbonyl (C=O) groups excluding carboxylic acids is 1. The van der Waals surface area contributed by atoms with E-state index >= 15 is 0 Å². The Labute approximate surface area is 208 Å². The first-order chi connectivity index (χ1) is 17.5. The molecule has 6 rings (SSSR count). The van der Waals surface area contributed by atoms with E-state index in [0.717, 1.165) is 47.8 Å². The third-order valence-corrected chi connectivity index (χ3v) is 7.63. The molecule has 1 aliphatic heterocycles. The predicted molar refractivity (Wildman–Crippen MR) is 138 cm³/mol. The second kappa shape index (κ2) is 9.15. The number of carbonyl (C=O) groups is 1. The number of piperazine rings is 1. The fourth-order valence-corrected chi connectivity index (χ4v) is 5.75. The molecule has 186 valence electrons. The molecule has 9 heteroatoms. The van der Waals surface area contributed by atoms with Gasteiger partial charge in [-0.2, -0.15) is 5.10 Å². The van der Waals surface area contributed by atoms with Crippen LogP contribution in [0.25, 0.3) is 21.7 Å². The Morgan fingerprint density at radius 3 is 2.61 bits per heavy atom. The Balaban J connectivity index is 1.35. The Hall–Kier alpha value is -3.56. The first-order valence-electron chi connectivity index (χ1n) is 12.6. The minimum atomic E-state index is -0.530. The fraction of sp³-hybridized carbons (Fsp3) is 0.407. The van der Waals surface area contributed by atoms with Gasteiger partial charge in [0.25, 0.3) is 5.56 Å². The minimum Gasteiger partial charge on any atom is -0.391 e. The molecule has 0 spiro atoms. The molecule has 36 heavy (non-hydrogen) atoms. The van der Waals surface area contributed by atoms with Crippen LogP contribution in [-0.2, 0) is 18.4 Å². The third kappa shape index (κ3) is 3.98. The van der Waals surface area contributed by atoms with Crippen molar-refractivity contribution in [2.24, 2.45) is 7.05 Å². The number of aliphatic hydroxyl groups excluding tert-OH is 1. The molecule has 0 unspecified atom stereocenters. The highest BCUT2D eigenvalue weighted by Gasteiger charge is 2.28. The lowest BCUT2D eigenvalue weighted by Crippen LogP contribution is -2.50. The molecular weight excluding hydrogens is 456 g/mol. The van der Waals surface area contributed by atoms with Gasteiger partial charge < -0.3 is 10.0 Å². The summed E-state index contributed by atoms with van der Waals surface area (Å²) in [5.74, 6) is 0.0367. The molecule has 2 atom stereocenters. The van der Waals surface area contributed by atoms with Gasteiger partial charge in [-0.15, -0.1) is 0 Å². The quantitative estimate of drug-likeness (QED) is 0.446. The maximum atomic E-state index is 13.6. The monoisotopic (exact) mass is 486 g/mol. The van der Waals surface area contributed by atoms with Gasteiger partial charge in [0.1, 0.15) is 0 Å². The van der Waals surface area contributed by atoms with Gasteiger partial charge in [-0.1, -0.05) is 37.1 Å². The van der Waals surface area contributed by atoms with Crippen LogP contribution in [0.4, 0.5) is 5.69 Å². The van der Waals surface area contributed by atoms with E-state index in [9.17, 15) is 14.7 Å². The summed E-state index contributed by atoms with van der Waals surface area (Å²) in [7, 11) is 1.84. The zero-order valence-electron chi connectivity index (χ0n) is 20.4. The van der Waals surface area contributed by atoms with Crippen molar-refractivity contribution in [2.45, 2.75) is 44.4 Å². The number of anilines is 1. The highest BCUT2D eigenvalue weighted by atomic mass is 16.3. The van der Waals surface area contributed by atoms with Gasteiger partial charge >= 0.3 is 0 Å². The number of amides is 1. The molecule has 1 saturated carbocycles. The largest absolute Gasteiger partial charge is 0.391 e. The van der Waals surface area contributed by atoms with Gasteiger partial charge in [-0.05, 0) is 29.9 Å². The molecule has 3 heterocycles. The normalized spacial score (nSPS) is 21.5. The fourth-order valence-electron chi connectivity index (χ4n) is 5.75. The second-order valence-electron chi connectivity index (χ2n) is 9.98. The zero-order chi connectivity index (χ0) is 24.8. The topological polar surface area (TPSA) is 96.5 Å². The van der Waals surface area contributed by atoms with E-state index in [2.05, 4.69) is 16.1 Å². The molecule has 0 radical (unpaired) electrons. The molecule has 4 aromatic rings. The van der Waals surface area contributed by atoms with Crippen molar-refractivity contribution in [2.75, 3.05) is 24.5 Å². The van der Waals surface area contributed by atoms with Gasteiger partial charge in [0.2, 0.25) is 5.91 Å². The van der Waals surface area contributed by atoms with Crippen LogP contribution in [0.15, 0.2) is 53.8 Å². The molecule has 1 N–H and O–H groups in total. The van der Waals surface area contributed by atoms with E-state index in [1.807, 2.05) is 37.5 Å². The number of benzene rings is 2. The number of hydrogen-bond donors (Lipinski definition) is 1. The molecule has 2 aromatic carbocycles. The van der Waals surface area contributed by atoms with Gasteiger partial charge in [-0.25, -0.2) is 4.98 Å². The average Bonchev–Trinajstić information content (AvgIpc) is 3.31. The van der Waals surface area contributed by atoms with Gasteiger partial charge in [0.15, 0.2) is 0 Å². The van der Waals surface area contributed by atoms with E-state index in [1.54, 1.807) is 26.7 Å². The van der Waals surface area contributed by atoms with Gasteiger partial charge in [0, 0.05) is 38.3 Å². The SMILES string of the molecule is Cn1cc(N2CCN(Cc3cc4c(=O)n([C@H]5CCCC[C@@H]5O)cnc4c4ccccc34)CC2=O)cn1. The van der Waals surface area contributed by atoms with Crippen LogP contribution in [0.1, 0.15) is 37.3 Å². The highest BCUT2D eigenvalue weighted by Crippen LogP contribution is 2.30. The Kier molecular flexibility index (Phi) is 5.81. The molecule has 9 nitrogen and oxygen atoms in total. The second-order valence-corrected chi connectivity index (χ2v) is 9.98. The summed E-state index contributed by atoms with van der Waals surface area (Å²) in [5, 5.41) is 17.3. The van der Waals surface area contributed by atoms with Crippen molar-refractivity contribution in [3.05, 3.63) is 65.0 Å². The predicted octanol–water partition coefficient (Wildman–Crippen LogP) is 2.61. The molecule has 2 aromatic heterocycles. The Morgan fingerprint density at radius 1 is 1.06 bits per heavy atom. The van der Waals surface area contributed by atoms with E-state index in [-0.39, 0.29) is 17.5 Å². The number of aromatic nitrogens is 4. The zero-order valence-corrected chi connectivity index (χ0v) is 20.4. The third-order valence-electron chi connectivity index (χ3n) is 7.63. The summed E-state index contributed by atoms with van der Waals surface area (Å²) in [5.41, 5.74) is 2.38. The number of aryl methyl sites for hydroxylation is 1. The number of nitrogens with zero attached hydrogens (tertiary/aromatic N) is 6. The summed E-state index contributed by atoms with van der Waals surface area (Å²) in [4.78, 5) is 35.2. The first-order valence-corrected chi connectivity index (χ1v) is 12.6. The standard InChI is InChI=1S/C27H30N6O3/c1-30-15-19(13-29-30)32-11-10-31(16-25(32)35)14-18-12-22-26(21-7-3-2-6-20(18)21)28-17-33(27(22)36)23-8-4-5-9-24(23)34/h2-3,6-7,12-13,15,17,23-24,34H,4-5,8-11,14,16H2,1H3/t23-,24-/m0/s1. The molecule has 2 fully saturated rings. The van der Waals surface area contributed by atoms with Crippen LogP contribution >= 0.6 is 0 Å². The summed E-state index contributed by atoms with van der Waals surface area (Å²) in [6, 6.07) is 9.70. The number of fused-ring (bicyclic) bond motifs is 3. The van der Waals surface area contributed by atoms with E-state index in [0.29, 0.717) is 37.0 Å². The number of aliphatic hydroxyl groups is 1. The minimum absolute atomic E-state index is 0.0367. The van der Waals surface area contributed by atoms with Crippen molar-refractivity contribution in [1.82, 2.24) is 24.2 Å². The molecular formula is C27H30N6O3. The average molecular weight is 487 g/mol. The number of rotatable bonds is 4. The lowest BCUT2D eigenvalue weighted by atomic mass is 9.92. The van der Waals surface area contributed by atoms with Crippen LogP contribution in [0, 0.1) is 0 Å². The van der Waals surface area contributed by atoms with Crippen molar-refractivity contribution in [3.8, 4) is 0 Å². The van der Waals surface area contributed by atoms with Crippen LogP contribution in [0.5, 0.6) is 0 Å². The lowest BCUT2D eigenvalue weighted by Gasteiger charge is -2.33. The summed E-state index contributed by atoms with van der Waals surface area (Å²) >= 11 is 0.